The highest BCUT2D eigenvalue weighted by Gasteiger charge is 2.29. The molecule has 120 valence electrons. The van der Waals surface area contributed by atoms with E-state index >= 15 is 0 Å². The first-order valence-electron chi connectivity index (χ1n) is 7.33. The summed E-state index contributed by atoms with van der Waals surface area (Å²) in [7, 11) is 3.94. The second-order valence-corrected chi connectivity index (χ2v) is 5.57. The molecule has 1 aromatic heterocycles. The van der Waals surface area contributed by atoms with Crippen molar-refractivity contribution >= 4 is 17.6 Å². The van der Waals surface area contributed by atoms with Crippen LogP contribution in [0.25, 0.3) is 5.69 Å². The Morgan fingerprint density at radius 3 is 2.42 bits per heavy atom. The van der Waals surface area contributed by atoms with Gasteiger partial charge in [0.1, 0.15) is 0 Å². The number of hydrogen-bond acceptors (Lipinski definition) is 5. The number of hydrogen-bond donors (Lipinski definition) is 1. The van der Waals surface area contributed by atoms with E-state index in [9.17, 15) is 14.7 Å². The molecule has 1 heterocycles. The quantitative estimate of drug-likeness (QED) is 0.443. The van der Waals surface area contributed by atoms with Gasteiger partial charge in [-0.05, 0) is 30.3 Å². The molecule has 6 nitrogen and oxygen atoms in total. The summed E-state index contributed by atoms with van der Waals surface area (Å²) >= 11 is 0. The normalized spacial score (nSPS) is 11.2. The second-order valence-electron chi connectivity index (χ2n) is 5.57. The van der Waals surface area contributed by atoms with Crippen molar-refractivity contribution in [3.05, 3.63) is 74.8 Å². The van der Waals surface area contributed by atoms with Crippen molar-refractivity contribution in [3.8, 4) is 11.4 Å². The Bertz CT molecular complexity index is 982. The number of anilines is 1. The predicted molar refractivity (Wildman–Crippen MR) is 92.6 cm³/mol. The first kappa shape index (κ1) is 15.6. The molecular weight excluding hydrogens is 306 g/mol. The van der Waals surface area contributed by atoms with Crippen molar-refractivity contribution in [2.75, 3.05) is 19.0 Å². The highest BCUT2D eigenvalue weighted by molar-refractivity contribution is 5.81. The molecule has 0 saturated heterocycles. The van der Waals surface area contributed by atoms with Gasteiger partial charge in [-0.3, -0.25) is 14.6 Å². The van der Waals surface area contributed by atoms with E-state index in [4.69, 9.17) is 0 Å². The molecule has 3 aromatic rings. The Kier molecular flexibility index (Phi) is 3.95. The zero-order valence-corrected chi connectivity index (χ0v) is 13.3. The molecule has 0 aliphatic heterocycles. The molecule has 24 heavy (non-hydrogen) atoms. The average Bonchev–Trinajstić information content (AvgIpc) is 2.60. The first-order chi connectivity index (χ1) is 11.5. The lowest BCUT2D eigenvalue weighted by molar-refractivity contribution is -0.598. The molecule has 0 saturated carbocycles. The number of pyridine rings is 1. The van der Waals surface area contributed by atoms with Crippen molar-refractivity contribution in [1.29, 1.82) is 0 Å². The van der Waals surface area contributed by atoms with Crippen LogP contribution in [0, 0.1) is 0 Å². The van der Waals surface area contributed by atoms with Gasteiger partial charge in [-0.25, -0.2) is 0 Å². The van der Waals surface area contributed by atoms with Crippen molar-refractivity contribution in [2.45, 2.75) is 0 Å². The predicted octanol–water partition coefficient (Wildman–Crippen LogP) is 1.08. The third-order valence-corrected chi connectivity index (χ3v) is 3.67. The molecule has 0 radical (unpaired) electrons. The molecule has 0 aliphatic carbocycles. The van der Waals surface area contributed by atoms with Crippen LogP contribution in [-0.4, -0.2) is 25.4 Å². The Morgan fingerprint density at radius 1 is 1.08 bits per heavy atom. The van der Waals surface area contributed by atoms with Gasteiger partial charge in [0.15, 0.2) is 12.4 Å². The van der Waals surface area contributed by atoms with E-state index in [1.165, 1.54) is 4.57 Å². The number of nitrogens with zero attached hydrogens (tertiary/aromatic N) is 3. The second kappa shape index (κ2) is 6.08. The smallest absolute Gasteiger partial charge is 0.309 e. The minimum absolute atomic E-state index is 0.00872. The van der Waals surface area contributed by atoms with Gasteiger partial charge in [0, 0.05) is 32.1 Å². The summed E-state index contributed by atoms with van der Waals surface area (Å²) in [6.45, 7) is 0. The maximum atomic E-state index is 11.5. The summed E-state index contributed by atoms with van der Waals surface area (Å²) in [6.07, 6.45) is 4.89. The summed E-state index contributed by atoms with van der Waals surface area (Å²) in [5.41, 5.74) is 1.07. The SMILES string of the molecule is CN(C)c1ccc(N=Cc2ccc[n+](-c3c(O)c(=O)c3=O)c2)cc1. The summed E-state index contributed by atoms with van der Waals surface area (Å²) < 4.78 is 1.43. The van der Waals surface area contributed by atoms with E-state index in [0.29, 0.717) is 0 Å². The number of aliphatic imine (C=N–C) groups is 1. The molecule has 0 aliphatic rings. The van der Waals surface area contributed by atoms with E-state index in [0.717, 1.165) is 16.9 Å². The maximum absolute atomic E-state index is 11.5. The van der Waals surface area contributed by atoms with Gasteiger partial charge in [-0.15, -0.1) is 0 Å². The van der Waals surface area contributed by atoms with Gasteiger partial charge >= 0.3 is 11.1 Å². The van der Waals surface area contributed by atoms with Gasteiger partial charge < -0.3 is 10.0 Å². The first-order valence-corrected chi connectivity index (χ1v) is 7.33. The van der Waals surface area contributed by atoms with E-state index in [-0.39, 0.29) is 5.69 Å². The summed E-state index contributed by atoms with van der Waals surface area (Å²) in [6, 6.07) is 11.3. The van der Waals surface area contributed by atoms with Crippen molar-refractivity contribution in [3.63, 3.8) is 0 Å². The third kappa shape index (κ3) is 2.81. The number of aromatic hydroxyl groups is 1. The molecular formula is C18H16N3O3+. The van der Waals surface area contributed by atoms with Crippen LogP contribution >= 0.6 is 0 Å². The van der Waals surface area contributed by atoms with Crippen LogP contribution in [0.15, 0.2) is 63.4 Å². The zero-order chi connectivity index (χ0) is 17.3. The van der Waals surface area contributed by atoms with Crippen LogP contribution in [-0.2, 0) is 0 Å². The van der Waals surface area contributed by atoms with E-state index < -0.39 is 16.6 Å². The Balaban J connectivity index is 1.85. The average molecular weight is 322 g/mol. The number of aromatic nitrogens is 1. The number of rotatable bonds is 4. The molecule has 0 unspecified atom stereocenters. The fourth-order valence-corrected chi connectivity index (χ4v) is 2.30. The highest BCUT2D eigenvalue weighted by Crippen LogP contribution is 2.18. The van der Waals surface area contributed by atoms with Gasteiger partial charge in [0.25, 0.3) is 5.43 Å². The van der Waals surface area contributed by atoms with Crippen molar-refractivity contribution in [1.82, 2.24) is 0 Å². The topological polar surface area (TPSA) is 73.8 Å². The molecule has 0 amide bonds. The Hall–Kier alpha value is -3.28. The van der Waals surface area contributed by atoms with Crippen LogP contribution in [0.1, 0.15) is 5.56 Å². The molecule has 6 heteroatoms. The lowest BCUT2D eigenvalue weighted by Gasteiger charge is -2.11. The van der Waals surface area contributed by atoms with Gasteiger partial charge in [-0.1, -0.05) is 0 Å². The van der Waals surface area contributed by atoms with Crippen LogP contribution in [0.4, 0.5) is 11.4 Å². The zero-order valence-electron chi connectivity index (χ0n) is 13.3. The highest BCUT2D eigenvalue weighted by atomic mass is 16.3. The Morgan fingerprint density at radius 2 is 1.79 bits per heavy atom. The van der Waals surface area contributed by atoms with Crippen LogP contribution in [0.2, 0.25) is 0 Å². The summed E-state index contributed by atoms with van der Waals surface area (Å²) in [5.74, 6) is -0.502. The van der Waals surface area contributed by atoms with Gasteiger partial charge in [0.05, 0.1) is 11.3 Å². The van der Waals surface area contributed by atoms with E-state index in [2.05, 4.69) is 4.99 Å². The van der Waals surface area contributed by atoms with Crippen LogP contribution in [0.3, 0.4) is 0 Å². The van der Waals surface area contributed by atoms with Crippen molar-refractivity contribution in [2.24, 2.45) is 4.99 Å². The van der Waals surface area contributed by atoms with Gasteiger partial charge in [-0.2, -0.15) is 4.57 Å². The van der Waals surface area contributed by atoms with Crippen molar-refractivity contribution < 1.29 is 9.67 Å². The maximum Gasteiger partial charge on any atom is 0.309 e. The lowest BCUT2D eigenvalue weighted by atomic mass is 10.2. The minimum atomic E-state index is -0.849. The van der Waals surface area contributed by atoms with Gasteiger partial charge in [0.2, 0.25) is 5.75 Å². The Labute approximate surface area is 138 Å². The monoisotopic (exact) mass is 322 g/mol. The molecule has 1 N–H and O–H groups in total. The molecule has 2 aromatic carbocycles. The molecule has 0 atom stereocenters. The molecule has 0 fully saturated rings. The fraction of sp³-hybridized carbons (Fsp3) is 0.111. The summed E-state index contributed by atoms with van der Waals surface area (Å²) in [5, 5.41) is 9.52. The van der Waals surface area contributed by atoms with E-state index in [1.807, 2.05) is 49.3 Å². The van der Waals surface area contributed by atoms with Crippen LogP contribution in [0.5, 0.6) is 5.75 Å². The van der Waals surface area contributed by atoms with Crippen LogP contribution < -0.4 is 20.3 Å². The molecule has 3 rings (SSSR count). The third-order valence-electron chi connectivity index (χ3n) is 3.67. The van der Waals surface area contributed by atoms with E-state index in [1.54, 1.807) is 24.7 Å². The molecule has 0 bridgehead atoms. The number of benzene rings is 1. The minimum Gasteiger partial charge on any atom is -0.499 e. The standard InChI is InChI=1S/C18H15N3O3/c1-20(2)14-7-5-13(6-8-14)19-10-12-4-3-9-21(11-12)15-16(22)18(24)17(15)23/h3-11H,1-2H3/p+1. The largest absolute Gasteiger partial charge is 0.499 e. The fourth-order valence-electron chi connectivity index (χ4n) is 2.30. The lowest BCUT2D eigenvalue weighted by Crippen LogP contribution is -2.46. The molecule has 0 spiro atoms. The summed E-state index contributed by atoms with van der Waals surface area (Å²) in [4.78, 5) is 29.0.